The summed E-state index contributed by atoms with van der Waals surface area (Å²) < 4.78 is 36.4. The van der Waals surface area contributed by atoms with Gasteiger partial charge in [-0.2, -0.15) is 0 Å². The summed E-state index contributed by atoms with van der Waals surface area (Å²) in [7, 11) is -2.91. The molecule has 1 unspecified atom stereocenters. The maximum atomic E-state index is 13.3. The van der Waals surface area contributed by atoms with Gasteiger partial charge in [0.2, 0.25) is 0 Å². The van der Waals surface area contributed by atoms with Crippen molar-refractivity contribution in [2.45, 2.75) is 24.6 Å². The Hall–Kier alpha value is -0.940. The molecular formula is C12H16FNO2S. The molecule has 0 aliphatic carbocycles. The van der Waals surface area contributed by atoms with Crippen LogP contribution < -0.4 is 5.32 Å². The van der Waals surface area contributed by atoms with Gasteiger partial charge in [-0.25, -0.2) is 12.8 Å². The molecule has 0 aromatic heterocycles. The highest BCUT2D eigenvalue weighted by Crippen LogP contribution is 2.19. The Labute approximate surface area is 101 Å². The summed E-state index contributed by atoms with van der Waals surface area (Å²) in [6, 6.07) is 6.52. The SMILES string of the molecule is O=S1(=O)CCCC1CNCc1ccccc1F. The first-order valence-corrected chi connectivity index (χ1v) is 7.47. The molecule has 1 aromatic rings. The molecule has 1 aliphatic heterocycles. The minimum Gasteiger partial charge on any atom is -0.311 e. The zero-order valence-electron chi connectivity index (χ0n) is 9.52. The van der Waals surface area contributed by atoms with Gasteiger partial charge < -0.3 is 5.32 Å². The average molecular weight is 257 g/mol. The number of hydrogen-bond acceptors (Lipinski definition) is 3. The van der Waals surface area contributed by atoms with Crippen molar-refractivity contribution in [3.05, 3.63) is 35.6 Å². The van der Waals surface area contributed by atoms with E-state index in [1.807, 2.05) is 0 Å². The highest BCUT2D eigenvalue weighted by atomic mass is 32.2. The van der Waals surface area contributed by atoms with E-state index in [-0.39, 0.29) is 11.1 Å². The van der Waals surface area contributed by atoms with E-state index in [1.54, 1.807) is 18.2 Å². The van der Waals surface area contributed by atoms with Crippen molar-refractivity contribution < 1.29 is 12.8 Å². The molecule has 94 valence electrons. The summed E-state index contributed by atoms with van der Waals surface area (Å²) in [5.74, 6) is 0.0354. The van der Waals surface area contributed by atoms with Gasteiger partial charge in [0.15, 0.2) is 9.84 Å². The van der Waals surface area contributed by atoms with Crippen molar-refractivity contribution in [2.75, 3.05) is 12.3 Å². The smallest absolute Gasteiger partial charge is 0.154 e. The van der Waals surface area contributed by atoms with E-state index in [9.17, 15) is 12.8 Å². The molecule has 1 saturated heterocycles. The lowest BCUT2D eigenvalue weighted by molar-refractivity contribution is 0.562. The molecule has 0 amide bonds. The summed E-state index contributed by atoms with van der Waals surface area (Å²) in [5.41, 5.74) is 0.572. The maximum Gasteiger partial charge on any atom is 0.154 e. The Morgan fingerprint density at radius 1 is 1.35 bits per heavy atom. The van der Waals surface area contributed by atoms with Crippen LogP contribution in [0.25, 0.3) is 0 Å². The van der Waals surface area contributed by atoms with Crippen LogP contribution in [0.4, 0.5) is 4.39 Å². The van der Waals surface area contributed by atoms with Crippen molar-refractivity contribution >= 4 is 9.84 Å². The maximum absolute atomic E-state index is 13.3. The Morgan fingerprint density at radius 2 is 2.12 bits per heavy atom. The second-order valence-electron chi connectivity index (χ2n) is 4.35. The number of nitrogens with one attached hydrogen (secondary N) is 1. The first-order valence-electron chi connectivity index (χ1n) is 5.75. The highest BCUT2D eigenvalue weighted by Gasteiger charge is 2.30. The molecular weight excluding hydrogens is 241 g/mol. The highest BCUT2D eigenvalue weighted by molar-refractivity contribution is 7.92. The number of hydrogen-bond donors (Lipinski definition) is 1. The molecule has 1 atom stereocenters. The van der Waals surface area contributed by atoms with Crippen molar-refractivity contribution in [1.29, 1.82) is 0 Å². The molecule has 3 nitrogen and oxygen atoms in total. The molecule has 1 aliphatic rings. The van der Waals surface area contributed by atoms with Gasteiger partial charge in [-0.15, -0.1) is 0 Å². The molecule has 1 N–H and O–H groups in total. The Bertz CT molecular complexity index is 487. The van der Waals surface area contributed by atoms with E-state index in [1.165, 1.54) is 6.07 Å². The molecule has 2 rings (SSSR count). The minimum absolute atomic E-state index is 0.255. The van der Waals surface area contributed by atoms with Crippen LogP contribution in [0.1, 0.15) is 18.4 Å². The third kappa shape index (κ3) is 3.04. The number of halogens is 1. The van der Waals surface area contributed by atoms with Gasteiger partial charge in [-0.1, -0.05) is 18.2 Å². The summed E-state index contributed by atoms with van der Waals surface area (Å²) >= 11 is 0. The van der Waals surface area contributed by atoms with E-state index in [4.69, 9.17) is 0 Å². The van der Waals surface area contributed by atoms with E-state index < -0.39 is 9.84 Å². The van der Waals surface area contributed by atoms with Gasteiger partial charge in [0.05, 0.1) is 11.0 Å². The summed E-state index contributed by atoms with van der Waals surface area (Å²) in [5, 5.41) is 2.72. The van der Waals surface area contributed by atoms with Gasteiger partial charge in [0.1, 0.15) is 5.82 Å². The Kier molecular flexibility index (Phi) is 3.79. The van der Waals surface area contributed by atoms with Crippen LogP contribution >= 0.6 is 0 Å². The van der Waals surface area contributed by atoms with Crippen LogP contribution in [0, 0.1) is 5.82 Å². The van der Waals surface area contributed by atoms with E-state index in [0.717, 1.165) is 6.42 Å². The van der Waals surface area contributed by atoms with Gasteiger partial charge >= 0.3 is 0 Å². The Morgan fingerprint density at radius 3 is 2.76 bits per heavy atom. The third-order valence-electron chi connectivity index (χ3n) is 3.11. The first kappa shape index (κ1) is 12.5. The molecule has 1 fully saturated rings. The van der Waals surface area contributed by atoms with Crippen molar-refractivity contribution in [2.24, 2.45) is 0 Å². The van der Waals surface area contributed by atoms with Crippen molar-refractivity contribution in [3.63, 3.8) is 0 Å². The topological polar surface area (TPSA) is 46.2 Å². The third-order valence-corrected chi connectivity index (χ3v) is 5.38. The van der Waals surface area contributed by atoms with Gasteiger partial charge in [-0.3, -0.25) is 0 Å². The minimum atomic E-state index is -2.91. The van der Waals surface area contributed by atoms with Crippen LogP contribution in [-0.2, 0) is 16.4 Å². The molecule has 0 radical (unpaired) electrons. The molecule has 1 aromatic carbocycles. The van der Waals surface area contributed by atoms with Crippen LogP contribution in [0.5, 0.6) is 0 Å². The lowest BCUT2D eigenvalue weighted by Crippen LogP contribution is -2.30. The van der Waals surface area contributed by atoms with Crippen LogP contribution in [0.3, 0.4) is 0 Å². The zero-order chi connectivity index (χ0) is 12.3. The molecule has 1 heterocycles. The largest absolute Gasteiger partial charge is 0.311 e. The van der Waals surface area contributed by atoms with E-state index in [0.29, 0.717) is 30.8 Å². The van der Waals surface area contributed by atoms with Gasteiger partial charge in [0, 0.05) is 18.7 Å². The molecule has 17 heavy (non-hydrogen) atoms. The fourth-order valence-electron chi connectivity index (χ4n) is 2.10. The van der Waals surface area contributed by atoms with Gasteiger partial charge in [0.25, 0.3) is 0 Å². The summed E-state index contributed by atoms with van der Waals surface area (Å²) in [4.78, 5) is 0. The average Bonchev–Trinajstić information content (AvgIpc) is 2.61. The Balaban J connectivity index is 1.86. The summed E-state index contributed by atoms with van der Waals surface area (Å²) in [6.45, 7) is 0.787. The number of benzene rings is 1. The first-order chi connectivity index (χ1) is 8.09. The fourth-order valence-corrected chi connectivity index (χ4v) is 3.90. The van der Waals surface area contributed by atoms with Crippen molar-refractivity contribution in [3.8, 4) is 0 Å². The quantitative estimate of drug-likeness (QED) is 0.889. The van der Waals surface area contributed by atoms with Crippen molar-refractivity contribution in [1.82, 2.24) is 5.32 Å². The predicted octanol–water partition coefficient (Wildman–Crippen LogP) is 1.49. The van der Waals surface area contributed by atoms with E-state index >= 15 is 0 Å². The fraction of sp³-hybridized carbons (Fsp3) is 0.500. The second kappa shape index (κ2) is 5.14. The molecule has 0 saturated carbocycles. The molecule has 0 bridgehead atoms. The lowest BCUT2D eigenvalue weighted by atomic mass is 10.2. The molecule has 0 spiro atoms. The zero-order valence-corrected chi connectivity index (χ0v) is 10.3. The normalized spacial score (nSPS) is 22.8. The molecule has 5 heteroatoms. The predicted molar refractivity (Wildman–Crippen MR) is 64.9 cm³/mol. The van der Waals surface area contributed by atoms with Crippen LogP contribution in [-0.4, -0.2) is 26.0 Å². The number of sulfone groups is 1. The lowest BCUT2D eigenvalue weighted by Gasteiger charge is -2.11. The summed E-state index contributed by atoms with van der Waals surface area (Å²) in [6.07, 6.45) is 1.46. The van der Waals surface area contributed by atoms with E-state index in [2.05, 4.69) is 5.32 Å². The monoisotopic (exact) mass is 257 g/mol. The standard InChI is InChI=1S/C12H16FNO2S/c13-12-6-2-1-4-10(12)8-14-9-11-5-3-7-17(11,15)16/h1-2,4,6,11,14H,3,5,7-9H2. The van der Waals surface area contributed by atoms with Crippen LogP contribution in [0.15, 0.2) is 24.3 Å². The van der Waals surface area contributed by atoms with Crippen LogP contribution in [0.2, 0.25) is 0 Å². The van der Waals surface area contributed by atoms with Gasteiger partial charge in [-0.05, 0) is 18.9 Å². The second-order valence-corrected chi connectivity index (χ2v) is 6.75. The number of rotatable bonds is 4.